The Kier molecular flexibility index (Phi) is 6.49. The van der Waals surface area contributed by atoms with Crippen LogP contribution in [0.5, 0.6) is 5.75 Å². The first kappa shape index (κ1) is 25.6. The highest BCUT2D eigenvalue weighted by molar-refractivity contribution is 6.11. The Morgan fingerprint density at radius 1 is 1.18 bits per heavy atom. The second kappa shape index (κ2) is 9.66. The molecule has 3 heterocycles. The summed E-state index contributed by atoms with van der Waals surface area (Å²) >= 11 is 0. The third-order valence-corrected chi connectivity index (χ3v) is 7.11. The lowest BCUT2D eigenvalue weighted by molar-refractivity contribution is -0.138. The first-order chi connectivity index (χ1) is 18.1. The predicted octanol–water partition coefficient (Wildman–Crippen LogP) is 3.16. The highest BCUT2D eigenvalue weighted by Gasteiger charge is 2.54. The van der Waals surface area contributed by atoms with Crippen LogP contribution in [-0.2, 0) is 15.0 Å². The maximum Gasteiger partial charge on any atom is 0.405 e. The number of H-pyrrole nitrogens is 1. The molecule has 9 nitrogen and oxygen atoms in total. The monoisotopic (exact) mass is 529 g/mol. The summed E-state index contributed by atoms with van der Waals surface area (Å²) in [5.74, 6) is -0.978. The Bertz CT molecular complexity index is 1400. The van der Waals surface area contributed by atoms with Crippen molar-refractivity contribution in [2.75, 3.05) is 37.7 Å². The van der Waals surface area contributed by atoms with Crippen LogP contribution in [0.3, 0.4) is 0 Å². The molecule has 0 bridgehead atoms. The number of hydrogen-bond acceptors (Lipinski definition) is 5. The van der Waals surface area contributed by atoms with E-state index in [4.69, 9.17) is 4.74 Å². The van der Waals surface area contributed by atoms with Crippen molar-refractivity contribution in [3.63, 3.8) is 0 Å². The van der Waals surface area contributed by atoms with Gasteiger partial charge in [0.05, 0.1) is 29.4 Å². The molecule has 12 heteroatoms. The molecular formula is C26H26F3N5O4. The second-order valence-electron chi connectivity index (χ2n) is 9.41. The number of carbonyl (C=O) groups is 3. The van der Waals surface area contributed by atoms with Crippen LogP contribution in [0, 0.1) is 0 Å². The number of aromatic nitrogens is 2. The lowest BCUT2D eigenvalue weighted by atomic mass is 9.73. The number of carbonyl (C=O) groups excluding carboxylic acids is 3. The molecule has 38 heavy (non-hydrogen) atoms. The molecule has 2 N–H and O–H groups in total. The van der Waals surface area contributed by atoms with Gasteiger partial charge in [0.25, 0.3) is 5.91 Å². The molecule has 1 fully saturated rings. The first-order valence-electron chi connectivity index (χ1n) is 12.3. The van der Waals surface area contributed by atoms with Crippen molar-refractivity contribution in [1.29, 1.82) is 0 Å². The molecule has 1 spiro atoms. The first-order valence-corrected chi connectivity index (χ1v) is 12.3. The Hall–Kier alpha value is -4.09. The van der Waals surface area contributed by atoms with E-state index in [0.717, 1.165) is 10.9 Å². The van der Waals surface area contributed by atoms with Crippen molar-refractivity contribution < 1.29 is 32.3 Å². The minimum Gasteiger partial charge on any atom is -0.493 e. The SMILES string of the molecule is CCOc1cccc2c1C1(CCN(C(=O)c3ccc4[nH]ncc4c3)CC1)C(=O)N2CC(=O)NCC(F)(F)F. The van der Waals surface area contributed by atoms with Crippen LogP contribution in [0.15, 0.2) is 42.6 Å². The number of halogens is 3. The highest BCUT2D eigenvalue weighted by Crippen LogP contribution is 2.52. The van der Waals surface area contributed by atoms with Gasteiger partial charge in [-0.25, -0.2) is 0 Å². The Morgan fingerprint density at radius 3 is 2.66 bits per heavy atom. The van der Waals surface area contributed by atoms with E-state index in [-0.39, 0.29) is 37.7 Å². The maximum atomic E-state index is 13.9. The predicted molar refractivity (Wildman–Crippen MR) is 132 cm³/mol. The van der Waals surface area contributed by atoms with Gasteiger partial charge in [-0.1, -0.05) is 6.07 Å². The molecule has 0 radical (unpaired) electrons. The summed E-state index contributed by atoms with van der Waals surface area (Å²) in [5.41, 5.74) is 1.31. The molecule has 2 aromatic carbocycles. The van der Waals surface area contributed by atoms with Crippen molar-refractivity contribution in [1.82, 2.24) is 20.4 Å². The number of aromatic amines is 1. The molecule has 0 aliphatic carbocycles. The van der Waals surface area contributed by atoms with Crippen molar-refractivity contribution >= 4 is 34.3 Å². The number of likely N-dealkylation sites (tertiary alicyclic amines) is 1. The fraction of sp³-hybridized carbons (Fsp3) is 0.385. The van der Waals surface area contributed by atoms with Crippen molar-refractivity contribution in [2.24, 2.45) is 0 Å². The lowest BCUT2D eigenvalue weighted by Crippen LogP contribution is -2.51. The molecule has 2 aliphatic rings. The summed E-state index contributed by atoms with van der Waals surface area (Å²) in [6, 6.07) is 10.4. The van der Waals surface area contributed by atoms with Crippen LogP contribution < -0.4 is 15.0 Å². The number of piperidine rings is 1. The van der Waals surface area contributed by atoms with Gasteiger partial charge in [0, 0.05) is 29.6 Å². The van der Waals surface area contributed by atoms with Gasteiger partial charge in [0.1, 0.15) is 18.8 Å². The summed E-state index contributed by atoms with van der Waals surface area (Å²) in [6.07, 6.45) is -2.36. The zero-order valence-electron chi connectivity index (χ0n) is 20.6. The molecule has 3 amide bonds. The summed E-state index contributed by atoms with van der Waals surface area (Å²) in [6.45, 7) is 0.681. The van der Waals surface area contributed by atoms with Gasteiger partial charge in [-0.15, -0.1) is 0 Å². The minimum atomic E-state index is -4.56. The van der Waals surface area contributed by atoms with E-state index in [1.807, 2.05) is 12.2 Å². The maximum absolute atomic E-state index is 13.9. The zero-order chi connectivity index (χ0) is 27.1. The third-order valence-electron chi connectivity index (χ3n) is 7.11. The summed E-state index contributed by atoms with van der Waals surface area (Å²) in [5, 5.41) is 9.47. The lowest BCUT2D eigenvalue weighted by Gasteiger charge is -2.39. The van der Waals surface area contributed by atoms with E-state index in [0.29, 0.717) is 29.2 Å². The van der Waals surface area contributed by atoms with Crippen LogP contribution >= 0.6 is 0 Å². The summed E-state index contributed by atoms with van der Waals surface area (Å²) < 4.78 is 43.6. The number of nitrogens with zero attached hydrogens (tertiary/aromatic N) is 3. The number of ether oxygens (including phenoxy) is 1. The topological polar surface area (TPSA) is 108 Å². The molecule has 0 unspecified atom stereocenters. The Morgan fingerprint density at radius 2 is 1.95 bits per heavy atom. The fourth-order valence-electron chi connectivity index (χ4n) is 5.34. The third kappa shape index (κ3) is 4.54. The van der Waals surface area contributed by atoms with E-state index < -0.39 is 30.6 Å². The quantitative estimate of drug-likeness (QED) is 0.510. The second-order valence-corrected chi connectivity index (χ2v) is 9.41. The van der Waals surface area contributed by atoms with E-state index in [1.165, 1.54) is 4.90 Å². The normalized spacial score (nSPS) is 16.7. The standard InChI is InChI=1S/C26H26F3N5O4/c1-2-38-20-5-3-4-19-22(20)25(24(37)34(19)14-21(35)30-15-26(27,28)29)8-10-33(11-9-25)23(36)16-6-7-18-17(12-16)13-31-32-18/h3-7,12-13H,2,8-11,14-15H2,1H3,(H,30,35)(H,31,32). The summed E-state index contributed by atoms with van der Waals surface area (Å²) in [7, 11) is 0. The molecule has 0 atom stereocenters. The van der Waals surface area contributed by atoms with Gasteiger partial charge >= 0.3 is 6.18 Å². The van der Waals surface area contributed by atoms with Crippen LogP contribution in [0.1, 0.15) is 35.7 Å². The number of alkyl halides is 3. The fourth-order valence-corrected chi connectivity index (χ4v) is 5.34. The average molecular weight is 530 g/mol. The number of benzene rings is 2. The van der Waals surface area contributed by atoms with E-state index in [2.05, 4.69) is 10.2 Å². The van der Waals surface area contributed by atoms with E-state index in [9.17, 15) is 27.6 Å². The molecule has 2 aliphatic heterocycles. The van der Waals surface area contributed by atoms with Gasteiger partial charge in [0.2, 0.25) is 11.8 Å². The van der Waals surface area contributed by atoms with Gasteiger partial charge in [-0.2, -0.15) is 18.3 Å². The van der Waals surface area contributed by atoms with Crippen molar-refractivity contribution in [2.45, 2.75) is 31.4 Å². The van der Waals surface area contributed by atoms with Gasteiger partial charge < -0.3 is 19.9 Å². The van der Waals surface area contributed by atoms with Crippen LogP contribution in [0.2, 0.25) is 0 Å². The highest BCUT2D eigenvalue weighted by atomic mass is 19.4. The largest absolute Gasteiger partial charge is 0.493 e. The number of fused-ring (bicyclic) bond motifs is 3. The van der Waals surface area contributed by atoms with E-state index in [1.54, 1.807) is 47.5 Å². The number of anilines is 1. The molecule has 1 aromatic heterocycles. The van der Waals surface area contributed by atoms with Crippen molar-refractivity contribution in [3.8, 4) is 5.75 Å². The Labute approximate surface area is 215 Å². The molecule has 5 rings (SSSR count). The average Bonchev–Trinajstić information content (AvgIpc) is 3.45. The van der Waals surface area contributed by atoms with Gasteiger partial charge in [0.15, 0.2) is 0 Å². The van der Waals surface area contributed by atoms with Crippen LogP contribution in [-0.4, -0.2) is 71.8 Å². The van der Waals surface area contributed by atoms with Gasteiger partial charge in [-0.05, 0) is 50.1 Å². The number of hydrogen-bond donors (Lipinski definition) is 2. The number of rotatable bonds is 6. The molecular weight excluding hydrogens is 503 g/mol. The minimum absolute atomic E-state index is 0.171. The summed E-state index contributed by atoms with van der Waals surface area (Å²) in [4.78, 5) is 42.4. The van der Waals surface area contributed by atoms with Crippen LogP contribution in [0.4, 0.5) is 18.9 Å². The zero-order valence-corrected chi connectivity index (χ0v) is 20.6. The number of amides is 3. The Balaban J connectivity index is 1.40. The van der Waals surface area contributed by atoms with Gasteiger partial charge in [-0.3, -0.25) is 19.5 Å². The van der Waals surface area contributed by atoms with E-state index >= 15 is 0 Å². The molecule has 0 saturated carbocycles. The molecule has 1 saturated heterocycles. The van der Waals surface area contributed by atoms with Crippen LogP contribution in [0.25, 0.3) is 10.9 Å². The molecule has 3 aromatic rings. The smallest absolute Gasteiger partial charge is 0.405 e. The number of nitrogens with one attached hydrogen (secondary N) is 2. The van der Waals surface area contributed by atoms with Crippen molar-refractivity contribution in [3.05, 3.63) is 53.7 Å². The molecule has 200 valence electrons.